The van der Waals surface area contributed by atoms with Crippen LogP contribution >= 0.6 is 0 Å². The van der Waals surface area contributed by atoms with E-state index in [4.69, 9.17) is 0 Å². The normalized spacial score (nSPS) is 12.6. The van der Waals surface area contributed by atoms with Crippen molar-refractivity contribution in [2.75, 3.05) is 6.54 Å². The Morgan fingerprint density at radius 1 is 1.16 bits per heavy atom. The lowest BCUT2D eigenvalue weighted by Gasteiger charge is -2.11. The van der Waals surface area contributed by atoms with Crippen molar-refractivity contribution in [2.24, 2.45) is 0 Å². The molecule has 0 saturated carbocycles. The van der Waals surface area contributed by atoms with E-state index < -0.39 is 0 Å². The minimum absolute atomic E-state index is 0.430. The highest BCUT2D eigenvalue weighted by atomic mass is 15.0. The van der Waals surface area contributed by atoms with Crippen molar-refractivity contribution in [2.45, 2.75) is 39.8 Å². The molecule has 0 aliphatic rings. The van der Waals surface area contributed by atoms with Crippen molar-refractivity contribution in [1.29, 1.82) is 0 Å². The Labute approximate surface area is 116 Å². The first kappa shape index (κ1) is 13.9. The number of aryl methyl sites for hydroxylation is 1. The van der Waals surface area contributed by atoms with Crippen LogP contribution in [-0.4, -0.2) is 11.1 Å². The molecule has 0 radical (unpaired) electrons. The molecule has 0 aliphatic heterocycles. The van der Waals surface area contributed by atoms with E-state index in [0.29, 0.717) is 6.04 Å². The quantitative estimate of drug-likeness (QED) is 0.829. The number of nitrogens with one attached hydrogen (secondary N) is 1. The summed E-state index contributed by atoms with van der Waals surface area (Å²) in [5.41, 5.74) is 4.02. The van der Waals surface area contributed by atoms with Crippen LogP contribution in [0.4, 0.5) is 0 Å². The molecule has 0 saturated heterocycles. The van der Waals surface area contributed by atoms with E-state index in [9.17, 15) is 0 Å². The predicted octanol–water partition coefficient (Wildman–Crippen LogP) is 3.91. The maximum absolute atomic E-state index is 3.52. The van der Waals surface area contributed by atoms with Crippen LogP contribution in [0.2, 0.25) is 0 Å². The number of nitrogens with zero attached hydrogens (tertiary/aromatic N) is 1. The third-order valence-corrected chi connectivity index (χ3v) is 3.46. The number of hydrogen-bond acceptors (Lipinski definition) is 1. The van der Waals surface area contributed by atoms with Gasteiger partial charge in [-0.2, -0.15) is 0 Å². The van der Waals surface area contributed by atoms with Gasteiger partial charge in [0.15, 0.2) is 0 Å². The predicted molar refractivity (Wildman–Crippen MR) is 81.4 cm³/mol. The molecule has 1 atom stereocenters. The first-order valence-corrected chi connectivity index (χ1v) is 7.13. The van der Waals surface area contributed by atoms with Gasteiger partial charge in [-0.25, -0.2) is 0 Å². The van der Waals surface area contributed by atoms with Gasteiger partial charge in [0, 0.05) is 25.0 Å². The smallest absolute Gasteiger partial charge is 0.0470 e. The summed E-state index contributed by atoms with van der Waals surface area (Å²) >= 11 is 0. The molecule has 0 amide bonds. The summed E-state index contributed by atoms with van der Waals surface area (Å²) in [4.78, 5) is 0. The molecule has 102 valence electrons. The molecular weight excluding hydrogens is 232 g/mol. The minimum Gasteiger partial charge on any atom is -0.350 e. The van der Waals surface area contributed by atoms with Crippen LogP contribution < -0.4 is 5.32 Å². The van der Waals surface area contributed by atoms with E-state index in [1.807, 2.05) is 0 Å². The highest BCUT2D eigenvalue weighted by Gasteiger charge is 2.05. The van der Waals surface area contributed by atoms with Crippen LogP contribution in [0.3, 0.4) is 0 Å². The molecular formula is C17H24N2. The Hall–Kier alpha value is -1.54. The largest absolute Gasteiger partial charge is 0.350 e. The average Bonchev–Trinajstić information content (AvgIpc) is 2.87. The molecule has 0 aliphatic carbocycles. The fourth-order valence-corrected chi connectivity index (χ4v) is 2.20. The topological polar surface area (TPSA) is 17.0 Å². The van der Waals surface area contributed by atoms with Gasteiger partial charge in [-0.15, -0.1) is 0 Å². The van der Waals surface area contributed by atoms with E-state index in [-0.39, 0.29) is 0 Å². The molecule has 1 N–H and O–H groups in total. The van der Waals surface area contributed by atoms with Gasteiger partial charge in [0.05, 0.1) is 0 Å². The molecule has 19 heavy (non-hydrogen) atoms. The number of rotatable bonds is 6. The zero-order valence-electron chi connectivity index (χ0n) is 12.2. The molecule has 1 unspecified atom stereocenters. The molecule has 1 aromatic carbocycles. The van der Waals surface area contributed by atoms with Crippen molar-refractivity contribution in [3.63, 3.8) is 0 Å². The van der Waals surface area contributed by atoms with Crippen molar-refractivity contribution in [3.8, 4) is 0 Å². The summed E-state index contributed by atoms with van der Waals surface area (Å²) in [6.45, 7) is 8.56. The van der Waals surface area contributed by atoms with Crippen LogP contribution in [0.15, 0.2) is 42.7 Å². The van der Waals surface area contributed by atoms with E-state index in [1.54, 1.807) is 0 Å². The second-order valence-electron chi connectivity index (χ2n) is 5.28. The SMILES string of the molecule is CCCNC(C)c1ccn(Cc2ccc(C)cc2)c1. The maximum atomic E-state index is 3.52. The van der Waals surface area contributed by atoms with E-state index in [0.717, 1.165) is 13.1 Å². The molecule has 0 spiro atoms. The average molecular weight is 256 g/mol. The molecule has 2 heteroatoms. The van der Waals surface area contributed by atoms with Crippen molar-refractivity contribution < 1.29 is 0 Å². The van der Waals surface area contributed by atoms with Crippen LogP contribution in [-0.2, 0) is 6.54 Å². The van der Waals surface area contributed by atoms with Crippen LogP contribution in [0.25, 0.3) is 0 Å². The third kappa shape index (κ3) is 3.97. The minimum atomic E-state index is 0.430. The molecule has 2 rings (SSSR count). The molecule has 2 nitrogen and oxygen atoms in total. The molecule has 1 aromatic heterocycles. The first-order chi connectivity index (χ1) is 9.19. The zero-order valence-corrected chi connectivity index (χ0v) is 12.2. The van der Waals surface area contributed by atoms with Crippen LogP contribution in [0.1, 0.15) is 43.0 Å². The molecule has 2 aromatic rings. The molecule has 0 bridgehead atoms. The maximum Gasteiger partial charge on any atom is 0.0470 e. The number of hydrogen-bond donors (Lipinski definition) is 1. The summed E-state index contributed by atoms with van der Waals surface area (Å²) in [6.07, 6.45) is 5.58. The Balaban J connectivity index is 1.98. The summed E-state index contributed by atoms with van der Waals surface area (Å²) < 4.78 is 2.25. The Morgan fingerprint density at radius 3 is 2.58 bits per heavy atom. The number of aromatic nitrogens is 1. The fourth-order valence-electron chi connectivity index (χ4n) is 2.20. The van der Waals surface area contributed by atoms with Gasteiger partial charge in [-0.05, 0) is 44.0 Å². The van der Waals surface area contributed by atoms with Crippen molar-refractivity contribution in [3.05, 3.63) is 59.4 Å². The highest BCUT2D eigenvalue weighted by molar-refractivity contribution is 5.23. The van der Waals surface area contributed by atoms with Crippen molar-refractivity contribution in [1.82, 2.24) is 9.88 Å². The summed E-state index contributed by atoms with van der Waals surface area (Å²) in [5.74, 6) is 0. The second kappa shape index (κ2) is 6.58. The van der Waals surface area contributed by atoms with Gasteiger partial charge in [0.1, 0.15) is 0 Å². The van der Waals surface area contributed by atoms with Gasteiger partial charge in [-0.1, -0.05) is 36.8 Å². The Bertz CT molecular complexity index is 496. The van der Waals surface area contributed by atoms with Gasteiger partial charge >= 0.3 is 0 Å². The highest BCUT2D eigenvalue weighted by Crippen LogP contribution is 2.14. The van der Waals surface area contributed by atoms with Gasteiger partial charge in [-0.3, -0.25) is 0 Å². The zero-order chi connectivity index (χ0) is 13.7. The van der Waals surface area contributed by atoms with Crippen LogP contribution in [0.5, 0.6) is 0 Å². The molecule has 0 fully saturated rings. The Kier molecular flexibility index (Phi) is 4.80. The lowest BCUT2D eigenvalue weighted by atomic mass is 10.1. The standard InChI is InChI=1S/C17H24N2/c1-4-10-18-15(3)17-9-11-19(13-17)12-16-7-5-14(2)6-8-16/h5-9,11,13,15,18H,4,10,12H2,1-3H3. The summed E-state index contributed by atoms with van der Waals surface area (Å²) in [7, 11) is 0. The number of benzene rings is 1. The van der Waals surface area contributed by atoms with E-state index in [1.165, 1.54) is 23.1 Å². The fraction of sp³-hybridized carbons (Fsp3) is 0.412. The Morgan fingerprint density at radius 2 is 1.89 bits per heavy atom. The third-order valence-electron chi connectivity index (χ3n) is 3.46. The first-order valence-electron chi connectivity index (χ1n) is 7.13. The van der Waals surface area contributed by atoms with Crippen molar-refractivity contribution >= 4 is 0 Å². The second-order valence-corrected chi connectivity index (χ2v) is 5.28. The monoisotopic (exact) mass is 256 g/mol. The van der Waals surface area contributed by atoms with Gasteiger partial charge < -0.3 is 9.88 Å². The van der Waals surface area contributed by atoms with Gasteiger partial charge in [0.25, 0.3) is 0 Å². The van der Waals surface area contributed by atoms with Crippen LogP contribution in [0, 0.1) is 6.92 Å². The summed E-state index contributed by atoms with van der Waals surface area (Å²) in [6, 6.07) is 11.4. The van der Waals surface area contributed by atoms with E-state index in [2.05, 4.69) is 73.4 Å². The lowest BCUT2D eigenvalue weighted by Crippen LogP contribution is -2.18. The summed E-state index contributed by atoms with van der Waals surface area (Å²) in [5, 5.41) is 3.52. The van der Waals surface area contributed by atoms with Gasteiger partial charge in [0.2, 0.25) is 0 Å². The lowest BCUT2D eigenvalue weighted by molar-refractivity contribution is 0.569. The molecule has 1 heterocycles. The van der Waals surface area contributed by atoms with E-state index >= 15 is 0 Å².